The molecule has 2 aromatic carbocycles. The lowest BCUT2D eigenvalue weighted by atomic mass is 9.91. The third-order valence-corrected chi connectivity index (χ3v) is 6.03. The van der Waals surface area contributed by atoms with Crippen molar-refractivity contribution >= 4 is 33.8 Å². The number of nitrogens with zero attached hydrogens (tertiary/aromatic N) is 1. The molecule has 4 rings (SSSR count). The molecule has 1 amide bonds. The Kier molecular flexibility index (Phi) is 5.47. The van der Waals surface area contributed by atoms with E-state index in [9.17, 15) is 14.7 Å². The summed E-state index contributed by atoms with van der Waals surface area (Å²) >= 11 is 1.30. The van der Waals surface area contributed by atoms with Gasteiger partial charge in [-0.2, -0.15) is 0 Å². The fourth-order valence-corrected chi connectivity index (χ4v) is 4.53. The van der Waals surface area contributed by atoms with Gasteiger partial charge in [0.1, 0.15) is 0 Å². The average Bonchev–Trinajstić information content (AvgIpc) is 3.36. The van der Waals surface area contributed by atoms with Crippen molar-refractivity contribution in [2.75, 3.05) is 20.3 Å². The van der Waals surface area contributed by atoms with E-state index >= 15 is 0 Å². The third kappa shape index (κ3) is 3.45. The van der Waals surface area contributed by atoms with Crippen molar-refractivity contribution in [2.45, 2.75) is 12.5 Å². The number of thiophene rings is 1. The molecule has 148 valence electrons. The van der Waals surface area contributed by atoms with Gasteiger partial charge in [0.25, 0.3) is 5.91 Å². The molecule has 1 aromatic heterocycles. The van der Waals surface area contributed by atoms with E-state index in [1.165, 1.54) is 11.3 Å². The number of hydrogen-bond donors (Lipinski definition) is 1. The zero-order valence-electron chi connectivity index (χ0n) is 16.0. The van der Waals surface area contributed by atoms with Gasteiger partial charge < -0.3 is 14.7 Å². The van der Waals surface area contributed by atoms with Crippen molar-refractivity contribution in [1.29, 1.82) is 0 Å². The summed E-state index contributed by atoms with van der Waals surface area (Å²) in [5.41, 5.74) is 0.976. The number of benzene rings is 2. The lowest BCUT2D eigenvalue weighted by Gasteiger charge is -2.27. The van der Waals surface area contributed by atoms with Gasteiger partial charge in [-0.3, -0.25) is 9.59 Å². The fourth-order valence-electron chi connectivity index (χ4n) is 3.85. The van der Waals surface area contributed by atoms with Gasteiger partial charge in [-0.05, 0) is 34.2 Å². The highest BCUT2D eigenvalue weighted by atomic mass is 32.1. The molecular formula is C23H21NO4S. The maximum absolute atomic E-state index is 13.2. The van der Waals surface area contributed by atoms with E-state index < -0.39 is 17.7 Å². The van der Waals surface area contributed by atoms with E-state index in [0.29, 0.717) is 24.4 Å². The quantitative estimate of drug-likeness (QED) is 0.462. The molecule has 3 aromatic rings. The van der Waals surface area contributed by atoms with Crippen molar-refractivity contribution < 1.29 is 19.4 Å². The van der Waals surface area contributed by atoms with Crippen LogP contribution in [0.2, 0.25) is 0 Å². The smallest absolute Gasteiger partial charge is 0.290 e. The van der Waals surface area contributed by atoms with Crippen molar-refractivity contribution in [2.24, 2.45) is 0 Å². The molecule has 0 spiro atoms. The van der Waals surface area contributed by atoms with E-state index in [1.807, 2.05) is 47.8 Å². The number of hydrogen-bond acceptors (Lipinski definition) is 5. The monoisotopic (exact) mass is 407 g/mol. The highest BCUT2D eigenvalue weighted by Gasteiger charge is 2.44. The Morgan fingerprint density at radius 1 is 1.14 bits per heavy atom. The molecule has 1 aliphatic heterocycles. The van der Waals surface area contributed by atoms with Crippen LogP contribution in [0.15, 0.2) is 71.3 Å². The third-order valence-electron chi connectivity index (χ3n) is 5.16. The van der Waals surface area contributed by atoms with Crippen LogP contribution in [-0.2, 0) is 9.53 Å². The van der Waals surface area contributed by atoms with Crippen LogP contribution >= 0.6 is 11.3 Å². The number of methoxy groups -OCH3 is 1. The van der Waals surface area contributed by atoms with Gasteiger partial charge in [-0.1, -0.05) is 48.5 Å². The lowest BCUT2D eigenvalue weighted by molar-refractivity contribution is -0.129. The second kappa shape index (κ2) is 8.19. The van der Waals surface area contributed by atoms with Crippen LogP contribution < -0.4 is 0 Å². The van der Waals surface area contributed by atoms with Crippen molar-refractivity contribution in [3.8, 4) is 0 Å². The summed E-state index contributed by atoms with van der Waals surface area (Å²) in [5.74, 6) is -1.28. The minimum absolute atomic E-state index is 0.145. The van der Waals surface area contributed by atoms with E-state index in [0.717, 1.165) is 16.3 Å². The van der Waals surface area contributed by atoms with E-state index in [-0.39, 0.29) is 11.4 Å². The Labute approximate surface area is 172 Å². The number of amides is 1. The van der Waals surface area contributed by atoms with Crippen LogP contribution in [0, 0.1) is 0 Å². The predicted octanol–water partition coefficient (Wildman–Crippen LogP) is 4.52. The number of aliphatic hydroxyl groups is 1. The first-order valence-electron chi connectivity index (χ1n) is 9.42. The van der Waals surface area contributed by atoms with Gasteiger partial charge >= 0.3 is 0 Å². The predicted molar refractivity (Wildman–Crippen MR) is 113 cm³/mol. The molecule has 1 atom stereocenters. The molecule has 29 heavy (non-hydrogen) atoms. The standard InChI is InChI=1S/C23H21NO4S/c1-28-13-6-12-24-20(17-10-4-8-15-7-2-3-9-16(15)17)19(22(26)23(24)27)21(25)18-11-5-14-29-18/h2-5,7-11,14,20,26H,6,12-13H2,1H3. The molecular weight excluding hydrogens is 386 g/mol. The maximum Gasteiger partial charge on any atom is 0.290 e. The summed E-state index contributed by atoms with van der Waals surface area (Å²) in [5, 5.41) is 14.5. The topological polar surface area (TPSA) is 66.8 Å². The molecule has 1 N–H and O–H groups in total. The van der Waals surface area contributed by atoms with Gasteiger partial charge in [-0.25, -0.2) is 0 Å². The second-order valence-electron chi connectivity index (χ2n) is 6.88. The van der Waals surface area contributed by atoms with Crippen molar-refractivity contribution in [1.82, 2.24) is 4.90 Å². The summed E-state index contributed by atoms with van der Waals surface area (Å²) in [4.78, 5) is 28.3. The van der Waals surface area contributed by atoms with Crippen molar-refractivity contribution in [3.05, 3.63) is 81.8 Å². The molecule has 0 radical (unpaired) electrons. The largest absolute Gasteiger partial charge is 0.503 e. The van der Waals surface area contributed by atoms with Crippen molar-refractivity contribution in [3.63, 3.8) is 0 Å². The van der Waals surface area contributed by atoms with Crippen LogP contribution in [0.1, 0.15) is 27.7 Å². The molecule has 2 heterocycles. The number of Topliss-reactive ketones (excluding diaryl/α,β-unsaturated/α-hetero) is 1. The first kappa shape index (κ1) is 19.4. The van der Waals surface area contributed by atoms with Crippen LogP contribution in [0.5, 0.6) is 0 Å². The number of fused-ring (bicyclic) bond motifs is 1. The number of carbonyl (C=O) groups is 2. The number of carbonyl (C=O) groups excluding carboxylic acids is 2. The highest BCUT2D eigenvalue weighted by Crippen LogP contribution is 2.41. The minimum Gasteiger partial charge on any atom is -0.503 e. The molecule has 0 bridgehead atoms. The van der Waals surface area contributed by atoms with E-state index in [4.69, 9.17) is 4.74 Å². The Hall–Kier alpha value is -2.96. The average molecular weight is 407 g/mol. The summed E-state index contributed by atoms with van der Waals surface area (Å²) in [6.45, 7) is 0.868. The van der Waals surface area contributed by atoms with E-state index in [1.54, 1.807) is 24.1 Å². The zero-order valence-corrected chi connectivity index (χ0v) is 16.8. The molecule has 6 heteroatoms. The van der Waals surface area contributed by atoms with Gasteiger partial charge in [0, 0.05) is 20.3 Å². The van der Waals surface area contributed by atoms with Crippen LogP contribution in [0.3, 0.4) is 0 Å². The molecule has 0 fully saturated rings. The Morgan fingerprint density at radius 3 is 2.69 bits per heavy atom. The number of aliphatic hydroxyl groups excluding tert-OH is 1. The van der Waals surface area contributed by atoms with Crippen LogP contribution in [0.25, 0.3) is 10.8 Å². The number of ketones is 1. The maximum atomic E-state index is 13.2. The molecule has 5 nitrogen and oxygen atoms in total. The Morgan fingerprint density at radius 2 is 1.93 bits per heavy atom. The van der Waals surface area contributed by atoms with E-state index in [2.05, 4.69) is 0 Å². The summed E-state index contributed by atoms with van der Waals surface area (Å²) in [6, 6.07) is 16.5. The molecule has 0 aliphatic carbocycles. The second-order valence-corrected chi connectivity index (χ2v) is 7.83. The SMILES string of the molecule is COCCCN1C(=O)C(O)=C(C(=O)c2cccs2)C1c1cccc2ccccc12. The molecule has 1 unspecified atom stereocenters. The van der Waals surface area contributed by atoms with Gasteiger partial charge in [-0.15, -0.1) is 11.3 Å². The fraction of sp³-hybridized carbons (Fsp3) is 0.217. The zero-order chi connectivity index (χ0) is 20.4. The highest BCUT2D eigenvalue weighted by molar-refractivity contribution is 7.12. The van der Waals surface area contributed by atoms with Crippen LogP contribution in [0.4, 0.5) is 0 Å². The molecule has 1 aliphatic rings. The lowest BCUT2D eigenvalue weighted by Crippen LogP contribution is -2.32. The summed E-state index contributed by atoms with van der Waals surface area (Å²) in [6.07, 6.45) is 0.608. The number of ether oxygens (including phenoxy) is 1. The summed E-state index contributed by atoms with van der Waals surface area (Å²) < 4.78 is 5.13. The Balaban J connectivity index is 1.86. The summed E-state index contributed by atoms with van der Waals surface area (Å²) in [7, 11) is 1.61. The normalized spacial score (nSPS) is 16.8. The molecule has 0 saturated heterocycles. The number of rotatable bonds is 7. The van der Waals surface area contributed by atoms with Crippen LogP contribution in [-0.4, -0.2) is 42.0 Å². The van der Waals surface area contributed by atoms with Gasteiger partial charge in [0.2, 0.25) is 5.78 Å². The first-order chi connectivity index (χ1) is 14.1. The molecule has 0 saturated carbocycles. The first-order valence-corrected chi connectivity index (χ1v) is 10.3. The van der Waals surface area contributed by atoms with Gasteiger partial charge in [0.05, 0.1) is 16.5 Å². The minimum atomic E-state index is -0.639. The Bertz CT molecular complexity index is 1080. The van der Waals surface area contributed by atoms with Gasteiger partial charge in [0.15, 0.2) is 5.76 Å².